The van der Waals surface area contributed by atoms with Crippen molar-refractivity contribution >= 4 is 34.2 Å². The first-order valence-electron chi connectivity index (χ1n) is 9.04. The maximum atomic E-state index is 9.43. The van der Waals surface area contributed by atoms with Crippen LogP contribution in [0.3, 0.4) is 0 Å². The molecule has 0 saturated carbocycles. The summed E-state index contributed by atoms with van der Waals surface area (Å²) in [6, 6.07) is 9.88. The number of anilines is 3. The third kappa shape index (κ3) is 2.86. The van der Waals surface area contributed by atoms with E-state index in [1.54, 1.807) is 0 Å². The molecule has 0 fully saturated rings. The fourth-order valence-corrected chi connectivity index (χ4v) is 3.63. The highest BCUT2D eigenvalue weighted by atomic mass is 15.2. The standard InChI is InChI=1S/C20H19N9/c1-10(2)29-6-5-11-7-12(3-4-14(11)29)17-15-16(23)13(8-21)18(24)27-19(15)28-20(26-17)25-9-22/h3-7,10,17H,1-2H3,(H6,23,24,25,26,27,28). The Kier molecular flexibility index (Phi) is 4.21. The van der Waals surface area contributed by atoms with Gasteiger partial charge in [-0.25, -0.2) is 9.98 Å². The first-order chi connectivity index (χ1) is 13.9. The molecule has 9 heteroatoms. The van der Waals surface area contributed by atoms with Gasteiger partial charge < -0.3 is 21.4 Å². The second-order valence-electron chi connectivity index (χ2n) is 7.04. The molecule has 1 atom stereocenters. The minimum atomic E-state index is -0.547. The zero-order valence-electron chi connectivity index (χ0n) is 15.9. The number of benzene rings is 1. The Hall–Kier alpha value is -4.24. The molecular weight excluding hydrogens is 366 g/mol. The highest BCUT2D eigenvalue weighted by molar-refractivity contribution is 5.98. The van der Waals surface area contributed by atoms with Gasteiger partial charge in [-0.05, 0) is 43.0 Å². The molecule has 9 nitrogen and oxygen atoms in total. The highest BCUT2D eigenvalue weighted by Gasteiger charge is 2.29. The molecule has 3 aromatic rings. The quantitative estimate of drug-likeness (QED) is 0.390. The normalized spacial score (nSPS) is 15.2. The lowest BCUT2D eigenvalue weighted by atomic mass is 9.94. The minimum Gasteiger partial charge on any atom is -0.397 e. The van der Waals surface area contributed by atoms with Crippen LogP contribution in [-0.4, -0.2) is 15.5 Å². The van der Waals surface area contributed by atoms with Gasteiger partial charge in [0, 0.05) is 23.3 Å². The molecule has 1 unspecified atom stereocenters. The van der Waals surface area contributed by atoms with E-state index < -0.39 is 6.04 Å². The number of nitrogens with zero attached hydrogens (tertiary/aromatic N) is 5. The monoisotopic (exact) mass is 385 g/mol. The van der Waals surface area contributed by atoms with Gasteiger partial charge in [-0.3, -0.25) is 5.32 Å². The zero-order chi connectivity index (χ0) is 20.7. The van der Waals surface area contributed by atoms with Crippen molar-refractivity contribution in [3.8, 4) is 12.3 Å². The number of nitrogen functional groups attached to an aromatic ring is 2. The van der Waals surface area contributed by atoms with Gasteiger partial charge >= 0.3 is 0 Å². The lowest BCUT2D eigenvalue weighted by Gasteiger charge is -2.26. The van der Waals surface area contributed by atoms with Crippen LogP contribution in [-0.2, 0) is 0 Å². The van der Waals surface area contributed by atoms with Gasteiger partial charge in [-0.2, -0.15) is 10.5 Å². The van der Waals surface area contributed by atoms with Gasteiger partial charge in [0.15, 0.2) is 6.19 Å². The third-order valence-corrected chi connectivity index (χ3v) is 4.97. The molecule has 6 N–H and O–H groups in total. The first kappa shape index (κ1) is 18.1. The molecular formula is C20H19N9. The van der Waals surface area contributed by atoms with E-state index in [0.717, 1.165) is 16.5 Å². The smallest absolute Gasteiger partial charge is 0.211 e. The summed E-state index contributed by atoms with van der Waals surface area (Å²) in [5.41, 5.74) is 15.0. The van der Waals surface area contributed by atoms with Crippen molar-refractivity contribution in [3.05, 3.63) is 47.2 Å². The second-order valence-corrected chi connectivity index (χ2v) is 7.04. The summed E-state index contributed by atoms with van der Waals surface area (Å²) in [5, 5.41) is 24.9. The second kappa shape index (κ2) is 6.73. The summed E-state index contributed by atoms with van der Waals surface area (Å²) in [4.78, 5) is 8.87. The Balaban J connectivity index is 1.92. The van der Waals surface area contributed by atoms with Crippen molar-refractivity contribution in [1.29, 1.82) is 10.5 Å². The van der Waals surface area contributed by atoms with Crippen molar-refractivity contribution in [2.45, 2.75) is 25.9 Å². The number of guanidine groups is 1. The summed E-state index contributed by atoms with van der Waals surface area (Å²) in [5.74, 6) is 0.634. The fraction of sp³-hybridized carbons (Fsp3) is 0.200. The summed E-state index contributed by atoms with van der Waals surface area (Å²) in [6.45, 7) is 4.25. The number of aliphatic imine (C=N–C) groups is 1. The number of aromatic nitrogens is 2. The van der Waals surface area contributed by atoms with Crippen molar-refractivity contribution in [1.82, 2.24) is 14.9 Å². The van der Waals surface area contributed by atoms with Crippen LogP contribution in [0.25, 0.3) is 10.9 Å². The van der Waals surface area contributed by atoms with Crippen molar-refractivity contribution in [3.63, 3.8) is 0 Å². The zero-order valence-corrected chi connectivity index (χ0v) is 15.9. The van der Waals surface area contributed by atoms with E-state index in [4.69, 9.17) is 16.7 Å². The first-order valence-corrected chi connectivity index (χ1v) is 9.04. The van der Waals surface area contributed by atoms with E-state index in [-0.39, 0.29) is 23.0 Å². The van der Waals surface area contributed by atoms with Gasteiger partial charge in [-0.15, -0.1) is 0 Å². The summed E-state index contributed by atoms with van der Waals surface area (Å²) in [7, 11) is 0. The molecule has 1 aliphatic rings. The van der Waals surface area contributed by atoms with Crippen molar-refractivity contribution in [2.24, 2.45) is 4.99 Å². The lowest BCUT2D eigenvalue weighted by molar-refractivity contribution is 0.623. The molecule has 0 saturated heterocycles. The number of nitriles is 2. The number of rotatable bonds is 2. The molecule has 0 bridgehead atoms. The fourth-order valence-electron chi connectivity index (χ4n) is 3.63. The van der Waals surface area contributed by atoms with Crippen LogP contribution in [0.15, 0.2) is 35.5 Å². The molecule has 144 valence electrons. The Labute approximate surface area is 167 Å². The van der Waals surface area contributed by atoms with Crippen LogP contribution in [0.5, 0.6) is 0 Å². The summed E-state index contributed by atoms with van der Waals surface area (Å²) < 4.78 is 2.19. The number of nitrogens with two attached hydrogens (primary N) is 2. The van der Waals surface area contributed by atoms with Crippen LogP contribution in [0.1, 0.15) is 42.6 Å². The van der Waals surface area contributed by atoms with E-state index in [1.165, 1.54) is 0 Å². The van der Waals surface area contributed by atoms with E-state index in [1.807, 2.05) is 42.7 Å². The molecule has 1 aromatic carbocycles. The maximum absolute atomic E-state index is 9.43. The SMILES string of the molecule is CC(C)n1ccc2cc(C3N=C(NC#N)Nc4nc(N)c(C#N)c(N)c43)ccc21. The average Bonchev–Trinajstić information content (AvgIpc) is 3.11. The van der Waals surface area contributed by atoms with Crippen LogP contribution in [0.2, 0.25) is 0 Å². The average molecular weight is 385 g/mol. The van der Waals surface area contributed by atoms with Gasteiger partial charge in [0.2, 0.25) is 5.96 Å². The summed E-state index contributed by atoms with van der Waals surface area (Å²) in [6.07, 6.45) is 3.90. The summed E-state index contributed by atoms with van der Waals surface area (Å²) >= 11 is 0. The Bertz CT molecular complexity index is 1240. The number of nitrogens with one attached hydrogen (secondary N) is 2. The highest BCUT2D eigenvalue weighted by Crippen LogP contribution is 2.41. The Morgan fingerprint density at radius 2 is 2.03 bits per heavy atom. The predicted molar refractivity (Wildman–Crippen MR) is 112 cm³/mol. The molecule has 3 heterocycles. The Morgan fingerprint density at radius 3 is 2.72 bits per heavy atom. The number of pyridine rings is 1. The largest absolute Gasteiger partial charge is 0.397 e. The molecule has 2 aromatic heterocycles. The van der Waals surface area contributed by atoms with E-state index in [0.29, 0.717) is 17.4 Å². The third-order valence-electron chi connectivity index (χ3n) is 4.97. The Morgan fingerprint density at radius 1 is 1.24 bits per heavy atom. The number of fused-ring (bicyclic) bond motifs is 2. The van der Waals surface area contributed by atoms with Gasteiger partial charge in [0.1, 0.15) is 29.3 Å². The van der Waals surface area contributed by atoms with Crippen LogP contribution in [0.4, 0.5) is 17.3 Å². The maximum Gasteiger partial charge on any atom is 0.211 e. The van der Waals surface area contributed by atoms with Crippen LogP contribution >= 0.6 is 0 Å². The molecule has 0 radical (unpaired) electrons. The molecule has 0 amide bonds. The molecule has 1 aliphatic heterocycles. The van der Waals surface area contributed by atoms with Crippen molar-refractivity contribution in [2.75, 3.05) is 16.8 Å². The minimum absolute atomic E-state index is 0.0256. The van der Waals surface area contributed by atoms with Gasteiger partial charge in [0.05, 0.1) is 5.69 Å². The molecule has 0 spiro atoms. The number of hydrogen-bond acceptors (Lipinski definition) is 8. The molecule has 4 rings (SSSR count). The van der Waals surface area contributed by atoms with E-state index in [9.17, 15) is 5.26 Å². The number of hydrogen-bond donors (Lipinski definition) is 4. The predicted octanol–water partition coefficient (Wildman–Crippen LogP) is 2.59. The van der Waals surface area contributed by atoms with Gasteiger partial charge in [0.25, 0.3) is 0 Å². The molecule has 29 heavy (non-hydrogen) atoms. The lowest BCUT2D eigenvalue weighted by Crippen LogP contribution is -2.32. The van der Waals surface area contributed by atoms with Crippen molar-refractivity contribution < 1.29 is 0 Å². The molecule has 0 aliphatic carbocycles. The van der Waals surface area contributed by atoms with E-state index in [2.05, 4.69) is 39.0 Å². The van der Waals surface area contributed by atoms with Gasteiger partial charge in [-0.1, -0.05) is 6.07 Å². The van der Waals surface area contributed by atoms with Crippen LogP contribution in [0, 0.1) is 22.8 Å². The van der Waals surface area contributed by atoms with Crippen LogP contribution < -0.4 is 22.1 Å². The topological polar surface area (TPSA) is 154 Å². The van der Waals surface area contributed by atoms with E-state index >= 15 is 0 Å².